The predicted octanol–water partition coefficient (Wildman–Crippen LogP) is 6.88. The molecule has 8 aliphatic carbocycles. The van der Waals surface area contributed by atoms with Crippen molar-refractivity contribution >= 4 is 11.6 Å². The van der Waals surface area contributed by atoms with Crippen molar-refractivity contribution in [3.8, 4) is 11.1 Å². The highest BCUT2D eigenvalue weighted by molar-refractivity contribution is 6.00. The SMILES string of the molecule is O=C(N(CC12CCC(c3noc(C4(F)CC4)n3)(CC1)CC2)c1cccc(-c2cnc(C3CC3)nc2)c1)C12CC(F)(C1)C2. The van der Waals surface area contributed by atoms with Gasteiger partial charge in [-0.1, -0.05) is 17.3 Å². The number of fused-ring (bicyclic) bond motifs is 3. The average molecular weight is 572 g/mol. The molecular weight excluding hydrogens is 536 g/mol. The van der Waals surface area contributed by atoms with Gasteiger partial charge >= 0.3 is 0 Å². The second-order valence-corrected chi connectivity index (χ2v) is 14.7. The molecular formula is C33H35F2N5O2. The summed E-state index contributed by atoms with van der Waals surface area (Å²) < 4.78 is 34.5. The van der Waals surface area contributed by atoms with Crippen molar-refractivity contribution in [2.24, 2.45) is 10.8 Å². The van der Waals surface area contributed by atoms with Crippen LogP contribution in [0.2, 0.25) is 0 Å². The highest BCUT2D eigenvalue weighted by atomic mass is 19.1. The van der Waals surface area contributed by atoms with Crippen LogP contribution >= 0.6 is 0 Å². The first-order valence-corrected chi connectivity index (χ1v) is 15.7. The maximum Gasteiger partial charge on any atom is 0.264 e. The van der Waals surface area contributed by atoms with E-state index in [1.54, 1.807) is 0 Å². The monoisotopic (exact) mass is 571 g/mol. The van der Waals surface area contributed by atoms with Crippen LogP contribution in [0.15, 0.2) is 41.2 Å². The van der Waals surface area contributed by atoms with Gasteiger partial charge in [0.15, 0.2) is 11.5 Å². The van der Waals surface area contributed by atoms with Gasteiger partial charge in [0, 0.05) is 41.5 Å². The lowest BCUT2D eigenvalue weighted by atomic mass is 9.41. The molecule has 218 valence electrons. The lowest BCUT2D eigenvalue weighted by molar-refractivity contribution is -0.211. The molecule has 0 N–H and O–H groups in total. The van der Waals surface area contributed by atoms with E-state index in [0.29, 0.717) is 50.4 Å². The minimum atomic E-state index is -1.42. The number of aromatic nitrogens is 4. The van der Waals surface area contributed by atoms with Crippen LogP contribution in [0.4, 0.5) is 14.5 Å². The third-order valence-electron chi connectivity index (χ3n) is 11.6. The number of hydrogen-bond donors (Lipinski definition) is 0. The van der Waals surface area contributed by atoms with Crippen LogP contribution in [-0.4, -0.2) is 38.2 Å². The number of rotatable bonds is 8. The second kappa shape index (κ2) is 8.23. The van der Waals surface area contributed by atoms with Crippen molar-refractivity contribution in [2.45, 2.75) is 106 Å². The fraction of sp³-hybridized carbons (Fsp3) is 0.606. The van der Waals surface area contributed by atoms with E-state index in [1.165, 1.54) is 0 Å². The second-order valence-electron chi connectivity index (χ2n) is 14.7. The van der Waals surface area contributed by atoms with Gasteiger partial charge in [-0.15, -0.1) is 0 Å². The molecule has 8 aliphatic rings. The summed E-state index contributed by atoms with van der Waals surface area (Å²) in [7, 11) is 0. The molecule has 0 radical (unpaired) electrons. The third kappa shape index (κ3) is 3.77. The lowest BCUT2D eigenvalue weighted by Gasteiger charge is -2.65. The van der Waals surface area contributed by atoms with Crippen LogP contribution in [-0.2, 0) is 15.9 Å². The Morgan fingerprint density at radius 3 is 2.24 bits per heavy atom. The number of anilines is 1. The molecule has 8 saturated carbocycles. The van der Waals surface area contributed by atoms with E-state index in [9.17, 15) is 13.6 Å². The van der Waals surface area contributed by atoms with Gasteiger partial charge in [-0.25, -0.2) is 18.7 Å². The molecule has 11 rings (SSSR count). The summed E-state index contributed by atoms with van der Waals surface area (Å²) in [6, 6.07) is 8.11. The first-order valence-electron chi connectivity index (χ1n) is 15.7. The zero-order chi connectivity index (χ0) is 28.4. The Morgan fingerprint density at radius 2 is 1.62 bits per heavy atom. The molecule has 9 heteroatoms. The first kappa shape index (κ1) is 25.3. The summed E-state index contributed by atoms with van der Waals surface area (Å²) in [4.78, 5) is 29.9. The summed E-state index contributed by atoms with van der Waals surface area (Å²) in [5.74, 6) is 2.27. The Labute approximate surface area is 243 Å². The molecule has 8 fully saturated rings. The van der Waals surface area contributed by atoms with Crippen molar-refractivity contribution in [2.75, 3.05) is 11.4 Å². The molecule has 42 heavy (non-hydrogen) atoms. The standard InChI is InChI=1S/C33H35F2N5O2/c34-32-17-31(18-32,19-32)28(41)40(24-3-1-2-22(14-24)23-15-36-25(37-16-23)21-4-5-21)20-29-6-9-30(10-7-29,11-8-29)26-38-27(42-39-26)33(35)12-13-33/h1-3,14-16,21H,4-13,17-20H2. The van der Waals surface area contributed by atoms with E-state index in [4.69, 9.17) is 4.52 Å². The molecule has 4 bridgehead atoms. The number of carbonyl (C=O) groups excluding carboxylic acids is 1. The minimum Gasteiger partial charge on any atom is -0.336 e. The van der Waals surface area contributed by atoms with Crippen LogP contribution < -0.4 is 4.90 Å². The van der Waals surface area contributed by atoms with Crippen LogP contribution in [0.25, 0.3) is 11.1 Å². The average Bonchev–Trinajstić information content (AvgIpc) is 3.92. The molecule has 0 spiro atoms. The summed E-state index contributed by atoms with van der Waals surface area (Å²) in [6.07, 6.45) is 13.6. The van der Waals surface area contributed by atoms with E-state index in [1.807, 2.05) is 35.5 Å². The lowest BCUT2D eigenvalue weighted by Crippen LogP contribution is -2.71. The maximum absolute atomic E-state index is 14.6. The summed E-state index contributed by atoms with van der Waals surface area (Å²) in [5, 5.41) is 4.26. The molecule has 2 aromatic heterocycles. The van der Waals surface area contributed by atoms with E-state index < -0.39 is 16.8 Å². The number of alkyl halides is 2. The van der Waals surface area contributed by atoms with Gasteiger partial charge < -0.3 is 9.42 Å². The number of hydrogen-bond acceptors (Lipinski definition) is 6. The van der Waals surface area contributed by atoms with Crippen LogP contribution in [0.3, 0.4) is 0 Å². The Morgan fingerprint density at radius 1 is 0.929 bits per heavy atom. The van der Waals surface area contributed by atoms with Crippen molar-refractivity contribution in [3.63, 3.8) is 0 Å². The summed E-state index contributed by atoms with van der Waals surface area (Å²) >= 11 is 0. The fourth-order valence-electron chi connectivity index (χ4n) is 8.47. The van der Waals surface area contributed by atoms with E-state index in [-0.39, 0.29) is 22.6 Å². The number of amides is 1. The summed E-state index contributed by atoms with van der Waals surface area (Å²) in [5.41, 5.74) is -0.552. The molecule has 0 unspecified atom stereocenters. The molecule has 2 heterocycles. The van der Waals surface area contributed by atoms with Crippen molar-refractivity contribution < 1.29 is 18.1 Å². The Hall–Kier alpha value is -3.23. The highest BCUT2D eigenvalue weighted by Crippen LogP contribution is 2.70. The molecule has 0 saturated heterocycles. The van der Waals surface area contributed by atoms with Gasteiger partial charge in [0.1, 0.15) is 11.5 Å². The topological polar surface area (TPSA) is 85.0 Å². The number of halogens is 2. The van der Waals surface area contributed by atoms with Gasteiger partial charge in [0.2, 0.25) is 5.91 Å². The maximum atomic E-state index is 14.6. The van der Waals surface area contributed by atoms with Crippen molar-refractivity contribution in [3.05, 3.63) is 54.2 Å². The van der Waals surface area contributed by atoms with Crippen LogP contribution in [0.1, 0.15) is 107 Å². The van der Waals surface area contributed by atoms with E-state index in [0.717, 1.165) is 74.0 Å². The first-order chi connectivity index (χ1) is 20.2. The van der Waals surface area contributed by atoms with Crippen molar-refractivity contribution in [1.29, 1.82) is 0 Å². The smallest absolute Gasteiger partial charge is 0.264 e. The fourth-order valence-corrected chi connectivity index (χ4v) is 8.47. The normalized spacial score (nSPS) is 35.3. The molecule has 0 aliphatic heterocycles. The van der Waals surface area contributed by atoms with Crippen molar-refractivity contribution in [1.82, 2.24) is 20.1 Å². The quantitative estimate of drug-likeness (QED) is 0.293. The van der Waals surface area contributed by atoms with Gasteiger partial charge in [-0.05, 0) is 107 Å². The van der Waals surface area contributed by atoms with Gasteiger partial charge in [-0.3, -0.25) is 4.79 Å². The predicted molar refractivity (Wildman–Crippen MR) is 150 cm³/mol. The minimum absolute atomic E-state index is 0.0241. The van der Waals surface area contributed by atoms with Crippen LogP contribution in [0.5, 0.6) is 0 Å². The largest absolute Gasteiger partial charge is 0.336 e. The zero-order valence-electron chi connectivity index (χ0n) is 23.7. The van der Waals surface area contributed by atoms with Gasteiger partial charge in [0.05, 0.1) is 5.41 Å². The van der Waals surface area contributed by atoms with E-state index >= 15 is 0 Å². The summed E-state index contributed by atoms with van der Waals surface area (Å²) in [6.45, 7) is 0.620. The molecule has 1 aromatic carbocycles. The van der Waals surface area contributed by atoms with Crippen LogP contribution in [0, 0.1) is 10.8 Å². The molecule has 1 amide bonds. The third-order valence-corrected chi connectivity index (χ3v) is 11.6. The number of carbonyl (C=O) groups is 1. The molecule has 0 atom stereocenters. The Bertz CT molecular complexity index is 1550. The van der Waals surface area contributed by atoms with Gasteiger partial charge in [-0.2, -0.15) is 4.98 Å². The van der Waals surface area contributed by atoms with Gasteiger partial charge in [0.25, 0.3) is 5.89 Å². The van der Waals surface area contributed by atoms with E-state index in [2.05, 4.69) is 26.2 Å². The Balaban J connectivity index is 0.989. The number of nitrogens with zero attached hydrogens (tertiary/aromatic N) is 5. The highest BCUT2D eigenvalue weighted by Gasteiger charge is 2.73. The zero-order valence-corrected chi connectivity index (χ0v) is 23.7. The molecule has 3 aromatic rings. The number of benzene rings is 1. The Kier molecular flexibility index (Phi) is 4.95. The molecule has 7 nitrogen and oxygen atoms in total.